The summed E-state index contributed by atoms with van der Waals surface area (Å²) in [5, 5.41) is 12.5. The summed E-state index contributed by atoms with van der Waals surface area (Å²) in [5.74, 6) is -0.339. The Hall–Kier alpha value is -1.08. The van der Waals surface area contributed by atoms with Gasteiger partial charge in [0.25, 0.3) is 5.91 Å². The van der Waals surface area contributed by atoms with Crippen molar-refractivity contribution in [2.45, 2.75) is 6.92 Å². The molecule has 0 aliphatic rings. The second-order valence-electron chi connectivity index (χ2n) is 4.07. The Balaban J connectivity index is 2.28. The molecule has 0 heterocycles. The van der Waals surface area contributed by atoms with Gasteiger partial charge in [0.2, 0.25) is 0 Å². The van der Waals surface area contributed by atoms with Crippen LogP contribution in [-0.2, 0) is 0 Å². The lowest BCUT2D eigenvalue weighted by molar-refractivity contribution is 0.102. The van der Waals surface area contributed by atoms with Crippen molar-refractivity contribution < 1.29 is 9.90 Å². The number of halogens is 2. The van der Waals surface area contributed by atoms with Gasteiger partial charge in [-0.1, -0.05) is 15.9 Å². The van der Waals surface area contributed by atoms with Gasteiger partial charge in [-0.15, -0.1) is 0 Å². The number of carbonyl (C=O) groups is 1. The van der Waals surface area contributed by atoms with Crippen LogP contribution in [0.4, 0.5) is 5.69 Å². The van der Waals surface area contributed by atoms with Crippen LogP contribution in [0.2, 0.25) is 0 Å². The first kappa shape index (κ1) is 14.3. The number of phenolic OH excluding ortho intramolecular Hbond substituents is 1. The van der Waals surface area contributed by atoms with E-state index >= 15 is 0 Å². The highest BCUT2D eigenvalue weighted by atomic mass is 127. The molecular formula is C14H11BrINO2. The van der Waals surface area contributed by atoms with E-state index in [9.17, 15) is 9.90 Å². The van der Waals surface area contributed by atoms with Crippen LogP contribution in [0.3, 0.4) is 0 Å². The molecule has 0 unspecified atom stereocenters. The van der Waals surface area contributed by atoms with Crippen LogP contribution in [-0.4, -0.2) is 11.0 Å². The minimum Gasteiger partial charge on any atom is -0.507 e. The molecule has 5 heteroatoms. The van der Waals surface area contributed by atoms with E-state index in [0.717, 1.165) is 19.3 Å². The van der Waals surface area contributed by atoms with E-state index in [1.165, 1.54) is 6.07 Å². The second-order valence-corrected chi connectivity index (χ2v) is 6.24. The Morgan fingerprint density at radius 3 is 2.68 bits per heavy atom. The zero-order valence-electron chi connectivity index (χ0n) is 10.1. The maximum Gasteiger partial charge on any atom is 0.259 e. The molecule has 2 aromatic rings. The normalized spacial score (nSPS) is 10.3. The number of carbonyl (C=O) groups excluding carboxylic acids is 1. The van der Waals surface area contributed by atoms with E-state index in [0.29, 0.717) is 0 Å². The molecule has 2 aromatic carbocycles. The van der Waals surface area contributed by atoms with Crippen molar-refractivity contribution in [1.29, 1.82) is 0 Å². The van der Waals surface area contributed by atoms with Crippen LogP contribution < -0.4 is 5.32 Å². The fraction of sp³-hybridized carbons (Fsp3) is 0.0714. The van der Waals surface area contributed by atoms with Crippen LogP contribution in [0.1, 0.15) is 15.9 Å². The number of anilines is 1. The Bertz CT molecular complexity index is 643. The van der Waals surface area contributed by atoms with Crippen molar-refractivity contribution in [2.24, 2.45) is 0 Å². The summed E-state index contributed by atoms with van der Waals surface area (Å²) in [6, 6.07) is 10.5. The zero-order chi connectivity index (χ0) is 14.0. The SMILES string of the molecule is Cc1cc(Br)ccc1NC(=O)c1cc(I)ccc1O. The Kier molecular flexibility index (Phi) is 4.46. The van der Waals surface area contributed by atoms with Gasteiger partial charge in [0.1, 0.15) is 5.75 Å². The highest BCUT2D eigenvalue weighted by Crippen LogP contribution is 2.24. The van der Waals surface area contributed by atoms with Crippen molar-refractivity contribution in [3.8, 4) is 5.75 Å². The van der Waals surface area contributed by atoms with Gasteiger partial charge in [0.05, 0.1) is 5.56 Å². The van der Waals surface area contributed by atoms with Crippen molar-refractivity contribution in [3.63, 3.8) is 0 Å². The molecule has 3 nitrogen and oxygen atoms in total. The lowest BCUT2D eigenvalue weighted by atomic mass is 10.1. The topological polar surface area (TPSA) is 49.3 Å². The van der Waals surface area contributed by atoms with Gasteiger partial charge in [-0.2, -0.15) is 0 Å². The van der Waals surface area contributed by atoms with Crippen molar-refractivity contribution in [1.82, 2.24) is 0 Å². The number of aryl methyl sites for hydroxylation is 1. The number of phenols is 1. The summed E-state index contributed by atoms with van der Waals surface area (Å²) in [4.78, 5) is 12.1. The van der Waals surface area contributed by atoms with Gasteiger partial charge in [0.15, 0.2) is 0 Å². The Labute approximate surface area is 133 Å². The van der Waals surface area contributed by atoms with E-state index in [-0.39, 0.29) is 17.2 Å². The number of amides is 1. The highest BCUT2D eigenvalue weighted by Gasteiger charge is 2.12. The molecule has 0 aliphatic carbocycles. The molecule has 1 amide bonds. The summed E-state index contributed by atoms with van der Waals surface area (Å²) < 4.78 is 1.85. The monoisotopic (exact) mass is 431 g/mol. The summed E-state index contributed by atoms with van der Waals surface area (Å²) in [6.07, 6.45) is 0. The first-order valence-electron chi connectivity index (χ1n) is 5.53. The number of hydrogen-bond acceptors (Lipinski definition) is 2. The molecule has 0 radical (unpaired) electrons. The largest absolute Gasteiger partial charge is 0.507 e. The molecule has 0 atom stereocenters. The maximum atomic E-state index is 12.1. The molecular weight excluding hydrogens is 421 g/mol. The number of hydrogen-bond donors (Lipinski definition) is 2. The Morgan fingerprint density at radius 2 is 2.00 bits per heavy atom. The van der Waals surface area contributed by atoms with Crippen molar-refractivity contribution in [2.75, 3.05) is 5.32 Å². The average Bonchev–Trinajstić information content (AvgIpc) is 2.35. The van der Waals surface area contributed by atoms with Crippen LogP contribution in [0, 0.1) is 10.5 Å². The summed E-state index contributed by atoms with van der Waals surface area (Å²) in [6.45, 7) is 1.91. The first-order valence-corrected chi connectivity index (χ1v) is 7.40. The lowest BCUT2D eigenvalue weighted by Crippen LogP contribution is -2.13. The van der Waals surface area contributed by atoms with Gasteiger partial charge < -0.3 is 10.4 Å². The molecule has 0 bridgehead atoms. The first-order chi connectivity index (χ1) is 8.97. The number of aromatic hydroxyl groups is 1. The summed E-state index contributed by atoms with van der Waals surface area (Å²) in [5.41, 5.74) is 1.95. The predicted molar refractivity (Wildman–Crippen MR) is 87.7 cm³/mol. The standard InChI is InChI=1S/C14H11BrINO2/c1-8-6-9(15)2-4-12(8)17-14(19)11-7-10(16)3-5-13(11)18/h2-7,18H,1H3,(H,17,19). The minimum atomic E-state index is -0.318. The maximum absolute atomic E-state index is 12.1. The van der Waals surface area contributed by atoms with Crippen molar-refractivity contribution >= 4 is 50.1 Å². The third-order valence-corrected chi connectivity index (χ3v) is 3.80. The van der Waals surface area contributed by atoms with Crippen molar-refractivity contribution in [3.05, 3.63) is 55.6 Å². The molecule has 19 heavy (non-hydrogen) atoms. The zero-order valence-corrected chi connectivity index (χ0v) is 13.8. The summed E-state index contributed by atoms with van der Waals surface area (Å²) >= 11 is 5.48. The van der Waals surface area contributed by atoms with Gasteiger partial charge in [-0.3, -0.25) is 4.79 Å². The fourth-order valence-corrected chi connectivity index (χ4v) is 2.61. The predicted octanol–water partition coefficient (Wildman–Crippen LogP) is 4.32. The van der Waals surface area contributed by atoms with Crippen LogP contribution in [0.5, 0.6) is 5.75 Å². The molecule has 0 aliphatic heterocycles. The van der Waals surface area contributed by atoms with Gasteiger partial charge >= 0.3 is 0 Å². The average molecular weight is 432 g/mol. The van der Waals surface area contributed by atoms with Gasteiger partial charge in [-0.05, 0) is 71.5 Å². The van der Waals surface area contributed by atoms with E-state index in [1.807, 2.05) is 25.1 Å². The minimum absolute atomic E-state index is 0.0207. The van der Waals surface area contributed by atoms with Gasteiger partial charge in [0, 0.05) is 13.7 Å². The third-order valence-electron chi connectivity index (χ3n) is 2.64. The lowest BCUT2D eigenvalue weighted by Gasteiger charge is -2.10. The molecule has 2 N–H and O–H groups in total. The van der Waals surface area contributed by atoms with E-state index < -0.39 is 0 Å². The smallest absolute Gasteiger partial charge is 0.259 e. The third kappa shape index (κ3) is 3.48. The number of nitrogens with one attached hydrogen (secondary N) is 1. The number of benzene rings is 2. The van der Waals surface area contributed by atoms with Crippen LogP contribution in [0.15, 0.2) is 40.9 Å². The highest BCUT2D eigenvalue weighted by molar-refractivity contribution is 14.1. The Morgan fingerprint density at radius 1 is 1.26 bits per heavy atom. The van der Waals surface area contributed by atoms with Gasteiger partial charge in [-0.25, -0.2) is 0 Å². The van der Waals surface area contributed by atoms with E-state index in [4.69, 9.17) is 0 Å². The molecule has 0 aromatic heterocycles. The quantitative estimate of drug-likeness (QED) is 0.695. The molecule has 2 rings (SSSR count). The molecule has 0 saturated carbocycles. The molecule has 98 valence electrons. The van der Waals surface area contributed by atoms with E-state index in [2.05, 4.69) is 43.8 Å². The second kappa shape index (κ2) is 5.92. The molecule has 0 saturated heterocycles. The number of rotatable bonds is 2. The summed E-state index contributed by atoms with van der Waals surface area (Å²) in [7, 11) is 0. The van der Waals surface area contributed by atoms with Crippen LogP contribution in [0.25, 0.3) is 0 Å². The fourth-order valence-electron chi connectivity index (χ4n) is 1.65. The molecule has 0 fully saturated rings. The van der Waals surface area contributed by atoms with Crippen LogP contribution >= 0.6 is 38.5 Å². The van der Waals surface area contributed by atoms with E-state index in [1.54, 1.807) is 12.1 Å². The molecule has 0 spiro atoms.